The third-order valence-corrected chi connectivity index (χ3v) is 4.14. The zero-order valence-corrected chi connectivity index (χ0v) is 15.1. The van der Waals surface area contributed by atoms with Crippen LogP contribution in [0.3, 0.4) is 0 Å². The second-order valence-corrected chi connectivity index (χ2v) is 6.51. The fourth-order valence-electron chi connectivity index (χ4n) is 2.46. The molecule has 0 saturated heterocycles. The lowest BCUT2D eigenvalue weighted by atomic mass is 10.0. The Labute approximate surface area is 145 Å². The first-order valence-electron chi connectivity index (χ1n) is 8.49. The minimum atomic E-state index is -0.0152. The van der Waals surface area contributed by atoms with Gasteiger partial charge in [0.05, 0.1) is 6.04 Å². The molecule has 3 nitrogen and oxygen atoms in total. The molecule has 0 fully saturated rings. The molecule has 3 heteroatoms. The Bertz CT molecular complexity index is 677. The normalized spacial score (nSPS) is 11.8. The van der Waals surface area contributed by atoms with Gasteiger partial charge in [-0.05, 0) is 62.9 Å². The fourth-order valence-corrected chi connectivity index (χ4v) is 2.46. The van der Waals surface area contributed by atoms with Gasteiger partial charge in [0, 0.05) is 6.42 Å². The topological polar surface area (TPSA) is 38.3 Å². The molecule has 2 aromatic carbocycles. The second-order valence-electron chi connectivity index (χ2n) is 6.51. The summed E-state index contributed by atoms with van der Waals surface area (Å²) in [5.41, 5.74) is 4.96. The van der Waals surface area contributed by atoms with E-state index in [2.05, 4.69) is 37.4 Å². The van der Waals surface area contributed by atoms with Gasteiger partial charge in [0.2, 0.25) is 5.91 Å². The molecule has 0 spiro atoms. The van der Waals surface area contributed by atoms with Crippen molar-refractivity contribution in [2.24, 2.45) is 0 Å². The van der Waals surface area contributed by atoms with Crippen molar-refractivity contribution in [3.8, 4) is 5.75 Å². The van der Waals surface area contributed by atoms with Gasteiger partial charge in [-0.15, -0.1) is 0 Å². The van der Waals surface area contributed by atoms with Crippen LogP contribution in [-0.4, -0.2) is 18.6 Å². The molecule has 0 aromatic heterocycles. The molecule has 2 rings (SSSR count). The van der Waals surface area contributed by atoms with Crippen molar-refractivity contribution in [2.75, 3.05) is 6.61 Å². The van der Waals surface area contributed by atoms with Crippen LogP contribution in [0.2, 0.25) is 0 Å². The third kappa shape index (κ3) is 5.73. The maximum atomic E-state index is 12.1. The Kier molecular flexibility index (Phi) is 6.42. The van der Waals surface area contributed by atoms with Gasteiger partial charge in [0.25, 0.3) is 0 Å². The predicted molar refractivity (Wildman–Crippen MR) is 98.5 cm³/mol. The molecule has 1 N–H and O–H groups in total. The van der Waals surface area contributed by atoms with E-state index >= 15 is 0 Å². The number of hydrogen-bond acceptors (Lipinski definition) is 2. The molecule has 24 heavy (non-hydrogen) atoms. The van der Waals surface area contributed by atoms with Crippen LogP contribution in [0.4, 0.5) is 0 Å². The number of carbonyl (C=O) groups excluding carboxylic acids is 1. The summed E-state index contributed by atoms with van der Waals surface area (Å²) < 4.78 is 5.70. The van der Waals surface area contributed by atoms with E-state index in [1.165, 1.54) is 22.3 Å². The van der Waals surface area contributed by atoms with Gasteiger partial charge in [0.15, 0.2) is 0 Å². The number of aryl methyl sites for hydroxylation is 4. The Morgan fingerprint density at radius 1 is 1.04 bits per heavy atom. The van der Waals surface area contributed by atoms with E-state index in [0.29, 0.717) is 13.0 Å². The number of rotatable bonds is 7. The summed E-state index contributed by atoms with van der Waals surface area (Å²) in [6.07, 6.45) is 1.26. The zero-order valence-electron chi connectivity index (χ0n) is 15.1. The van der Waals surface area contributed by atoms with Crippen LogP contribution in [0.15, 0.2) is 42.5 Å². The highest BCUT2D eigenvalue weighted by Crippen LogP contribution is 2.12. The third-order valence-electron chi connectivity index (χ3n) is 4.14. The molecule has 1 atom stereocenters. The predicted octanol–water partition coefficient (Wildman–Crippen LogP) is 4.13. The van der Waals surface area contributed by atoms with Crippen molar-refractivity contribution in [2.45, 2.75) is 46.6 Å². The number of nitrogens with one attached hydrogen (secondary N) is 1. The summed E-state index contributed by atoms with van der Waals surface area (Å²) in [5.74, 6) is 0.894. The van der Waals surface area contributed by atoms with Gasteiger partial charge < -0.3 is 10.1 Å². The summed E-state index contributed by atoms with van der Waals surface area (Å²) in [4.78, 5) is 12.1. The molecule has 128 valence electrons. The first kappa shape index (κ1) is 18.1. The molecule has 0 heterocycles. The lowest BCUT2D eigenvalue weighted by molar-refractivity contribution is -0.121. The smallest absolute Gasteiger partial charge is 0.220 e. The van der Waals surface area contributed by atoms with Crippen molar-refractivity contribution in [3.63, 3.8) is 0 Å². The number of amides is 1. The molecule has 0 radical (unpaired) electrons. The molecule has 2 aromatic rings. The number of benzene rings is 2. The highest BCUT2D eigenvalue weighted by atomic mass is 16.5. The molecule has 0 saturated carbocycles. The number of carbonyl (C=O) groups is 1. The van der Waals surface area contributed by atoms with Gasteiger partial charge in [0.1, 0.15) is 12.4 Å². The molecule has 0 aliphatic heterocycles. The highest BCUT2D eigenvalue weighted by molar-refractivity contribution is 5.76. The molecule has 1 amide bonds. The lowest BCUT2D eigenvalue weighted by Crippen LogP contribution is -2.36. The number of ether oxygens (including phenoxy) is 1. The minimum absolute atomic E-state index is 0.0152. The molecule has 0 aliphatic carbocycles. The molecular weight excluding hydrogens is 298 g/mol. The minimum Gasteiger partial charge on any atom is -0.491 e. The standard InChI is InChI=1S/C21H27NO2/c1-15-5-10-20(11-6-15)24-14-18(4)22-21(23)12-9-19-8-7-16(2)17(3)13-19/h5-8,10-11,13,18H,9,12,14H2,1-4H3,(H,22,23)/t18-/m0/s1. The highest BCUT2D eigenvalue weighted by Gasteiger charge is 2.09. The van der Waals surface area contributed by atoms with Crippen molar-refractivity contribution >= 4 is 5.91 Å². The summed E-state index contributed by atoms with van der Waals surface area (Å²) in [5, 5.41) is 2.99. The first-order chi connectivity index (χ1) is 11.4. The first-order valence-corrected chi connectivity index (χ1v) is 8.49. The summed E-state index contributed by atoms with van der Waals surface area (Å²) in [7, 11) is 0. The Morgan fingerprint density at radius 2 is 1.75 bits per heavy atom. The Morgan fingerprint density at radius 3 is 2.42 bits per heavy atom. The van der Waals surface area contributed by atoms with Gasteiger partial charge in [-0.1, -0.05) is 35.9 Å². The van der Waals surface area contributed by atoms with Crippen molar-refractivity contribution in [3.05, 3.63) is 64.7 Å². The monoisotopic (exact) mass is 325 g/mol. The van der Waals surface area contributed by atoms with E-state index in [-0.39, 0.29) is 11.9 Å². The summed E-state index contributed by atoms with van der Waals surface area (Å²) in [6.45, 7) is 8.67. The summed E-state index contributed by atoms with van der Waals surface area (Å²) in [6, 6.07) is 14.3. The van der Waals surface area contributed by atoms with Crippen LogP contribution in [-0.2, 0) is 11.2 Å². The summed E-state index contributed by atoms with van der Waals surface area (Å²) >= 11 is 0. The Balaban J connectivity index is 1.72. The molecule has 0 unspecified atom stereocenters. The van der Waals surface area contributed by atoms with Crippen LogP contribution >= 0.6 is 0 Å². The van der Waals surface area contributed by atoms with E-state index in [0.717, 1.165) is 12.2 Å². The largest absolute Gasteiger partial charge is 0.491 e. The van der Waals surface area contributed by atoms with Crippen LogP contribution < -0.4 is 10.1 Å². The fraction of sp³-hybridized carbons (Fsp3) is 0.381. The van der Waals surface area contributed by atoms with Crippen LogP contribution in [0.5, 0.6) is 5.75 Å². The van der Waals surface area contributed by atoms with Gasteiger partial charge in [-0.2, -0.15) is 0 Å². The van der Waals surface area contributed by atoms with E-state index in [1.807, 2.05) is 38.1 Å². The number of hydrogen-bond donors (Lipinski definition) is 1. The average molecular weight is 325 g/mol. The van der Waals surface area contributed by atoms with Gasteiger partial charge >= 0.3 is 0 Å². The maximum Gasteiger partial charge on any atom is 0.220 e. The van der Waals surface area contributed by atoms with Crippen molar-refractivity contribution in [1.82, 2.24) is 5.32 Å². The van der Waals surface area contributed by atoms with Crippen LogP contribution in [0.1, 0.15) is 35.6 Å². The maximum absolute atomic E-state index is 12.1. The Hall–Kier alpha value is -2.29. The van der Waals surface area contributed by atoms with E-state index in [4.69, 9.17) is 4.74 Å². The van der Waals surface area contributed by atoms with E-state index in [9.17, 15) is 4.79 Å². The van der Waals surface area contributed by atoms with Crippen molar-refractivity contribution < 1.29 is 9.53 Å². The second kappa shape index (κ2) is 8.53. The van der Waals surface area contributed by atoms with Crippen LogP contribution in [0, 0.1) is 20.8 Å². The lowest BCUT2D eigenvalue weighted by Gasteiger charge is -2.15. The van der Waals surface area contributed by atoms with E-state index < -0.39 is 0 Å². The SMILES string of the molecule is Cc1ccc(OC[C@H](C)NC(=O)CCc2ccc(C)c(C)c2)cc1. The molecular formula is C21H27NO2. The molecule has 0 aliphatic rings. The van der Waals surface area contributed by atoms with Gasteiger partial charge in [-0.3, -0.25) is 4.79 Å². The molecule has 0 bridgehead atoms. The zero-order chi connectivity index (χ0) is 17.5. The van der Waals surface area contributed by atoms with E-state index in [1.54, 1.807) is 0 Å². The van der Waals surface area contributed by atoms with Crippen LogP contribution in [0.25, 0.3) is 0 Å². The quantitative estimate of drug-likeness (QED) is 0.831. The average Bonchev–Trinajstić information content (AvgIpc) is 2.55. The van der Waals surface area contributed by atoms with Gasteiger partial charge in [-0.25, -0.2) is 0 Å². The van der Waals surface area contributed by atoms with Crippen molar-refractivity contribution in [1.29, 1.82) is 0 Å².